The highest BCUT2D eigenvalue weighted by Crippen LogP contribution is 1.89. The van der Waals surface area contributed by atoms with Gasteiger partial charge in [-0.2, -0.15) is 0 Å². The Kier molecular flexibility index (Phi) is 5.98. The van der Waals surface area contributed by atoms with Crippen LogP contribution in [0, 0.1) is 6.92 Å². The van der Waals surface area contributed by atoms with Crippen LogP contribution < -0.4 is 4.72 Å². The van der Waals surface area contributed by atoms with Gasteiger partial charge in [-0.05, 0) is 6.42 Å². The van der Waals surface area contributed by atoms with Gasteiger partial charge in [0.2, 0.25) is 10.9 Å². The van der Waals surface area contributed by atoms with Crippen LogP contribution in [0.5, 0.6) is 0 Å². The van der Waals surface area contributed by atoms with Crippen molar-refractivity contribution in [2.45, 2.75) is 19.3 Å². The average molecular weight is 150 g/mol. The molecule has 0 aromatic rings. The summed E-state index contributed by atoms with van der Waals surface area (Å²) in [5.41, 5.74) is 0. The van der Waals surface area contributed by atoms with Crippen LogP contribution in [0.4, 0.5) is 0 Å². The minimum Gasteiger partial charge on any atom is -0.218 e. The highest BCUT2D eigenvalue weighted by molar-refractivity contribution is 7.70. The third-order valence-electron chi connectivity index (χ3n) is 0.918. The Morgan fingerprint density at radius 2 is 2.00 bits per heavy atom. The molecule has 0 aliphatic rings. The van der Waals surface area contributed by atoms with E-state index in [1.165, 1.54) is 0 Å². The van der Waals surface area contributed by atoms with Gasteiger partial charge in [-0.25, -0.2) is 13.1 Å². The summed E-state index contributed by atoms with van der Waals surface area (Å²) in [4.78, 5) is 0. The van der Waals surface area contributed by atoms with Crippen LogP contribution in [0.15, 0.2) is 0 Å². The molecule has 0 aromatic heterocycles. The molecule has 9 heavy (non-hydrogen) atoms. The van der Waals surface area contributed by atoms with E-state index >= 15 is 0 Å². The van der Waals surface area contributed by atoms with Crippen LogP contribution in [0.1, 0.15) is 19.3 Å². The molecule has 0 saturated carbocycles. The number of nitrogens with one attached hydrogen (secondary N) is 1. The van der Waals surface area contributed by atoms with E-state index in [1.54, 1.807) is 0 Å². The number of rotatable bonds is 5. The van der Waals surface area contributed by atoms with Crippen molar-refractivity contribution in [2.24, 2.45) is 0 Å². The summed E-state index contributed by atoms with van der Waals surface area (Å²) in [7, 11) is -2.39. The van der Waals surface area contributed by atoms with Crippen LogP contribution in [-0.4, -0.2) is 15.0 Å². The normalized spacial score (nSPS) is 10.4. The van der Waals surface area contributed by atoms with Gasteiger partial charge in [-0.3, -0.25) is 0 Å². The molecular formula is C5H12NO2S. The number of hydrogen-bond donors (Lipinski definition) is 2. The number of hydrogen-bond acceptors (Lipinski definition) is 2. The molecule has 0 rings (SSSR count). The Balaban J connectivity index is 2.92. The minimum atomic E-state index is -2.39. The lowest BCUT2D eigenvalue weighted by molar-refractivity contribution is 0.597. The number of unbranched alkanes of at least 4 members (excludes halogenated alkanes) is 2. The van der Waals surface area contributed by atoms with Gasteiger partial charge in [0.1, 0.15) is 0 Å². The smallest absolute Gasteiger partial charge is 0.201 e. The highest BCUT2D eigenvalue weighted by atomic mass is 32.2. The third-order valence-corrected chi connectivity index (χ3v) is 1.40. The molecule has 0 unspecified atom stereocenters. The fraction of sp³-hybridized carbons (Fsp3) is 0.800. The predicted molar refractivity (Wildman–Crippen MR) is 37.5 cm³/mol. The molecule has 0 atom stereocenters. The Hall–Kier alpha value is -0.0900. The summed E-state index contributed by atoms with van der Waals surface area (Å²) in [5, 5.41) is 0. The van der Waals surface area contributed by atoms with E-state index < -0.39 is 10.9 Å². The van der Waals surface area contributed by atoms with Gasteiger partial charge in [0.05, 0.1) is 0 Å². The second kappa shape index (κ2) is 6.04. The number of thiol groups is 1. The quantitative estimate of drug-likeness (QED) is 0.431. The molecule has 4 heteroatoms. The van der Waals surface area contributed by atoms with Crippen molar-refractivity contribution >= 4 is 10.9 Å². The summed E-state index contributed by atoms with van der Waals surface area (Å²) in [6.07, 6.45) is 2.74. The standard InChI is InChI=1S/C5H12NO2S/c1-2-3-4-5-6-9(7)8/h9H,1-5H2,(H,6,7,8). The Morgan fingerprint density at radius 1 is 1.33 bits per heavy atom. The van der Waals surface area contributed by atoms with Crippen LogP contribution in [0.2, 0.25) is 0 Å². The summed E-state index contributed by atoms with van der Waals surface area (Å²) < 4.78 is 22.1. The van der Waals surface area contributed by atoms with Crippen LogP contribution in [-0.2, 0) is 10.9 Å². The predicted octanol–water partition coefficient (Wildman–Crippen LogP) is 0.107. The van der Waals surface area contributed by atoms with Gasteiger partial charge >= 0.3 is 0 Å². The second-order valence-electron chi connectivity index (χ2n) is 1.73. The average Bonchev–Trinajstić information content (AvgIpc) is 1.80. The monoisotopic (exact) mass is 150 g/mol. The van der Waals surface area contributed by atoms with Crippen molar-refractivity contribution in [3.8, 4) is 0 Å². The van der Waals surface area contributed by atoms with Crippen molar-refractivity contribution in [3.05, 3.63) is 6.92 Å². The van der Waals surface area contributed by atoms with Gasteiger partial charge in [0.25, 0.3) is 0 Å². The van der Waals surface area contributed by atoms with Crippen molar-refractivity contribution < 1.29 is 8.42 Å². The van der Waals surface area contributed by atoms with Gasteiger partial charge in [-0.15, -0.1) is 0 Å². The summed E-state index contributed by atoms with van der Waals surface area (Å²) in [6.45, 7) is 4.17. The highest BCUT2D eigenvalue weighted by Gasteiger charge is 1.84. The lowest BCUT2D eigenvalue weighted by Crippen LogP contribution is -2.11. The van der Waals surface area contributed by atoms with Gasteiger partial charge in [-0.1, -0.05) is 19.8 Å². The van der Waals surface area contributed by atoms with E-state index in [1.807, 2.05) is 0 Å². The largest absolute Gasteiger partial charge is 0.218 e. The Morgan fingerprint density at radius 3 is 2.44 bits per heavy atom. The molecule has 1 N–H and O–H groups in total. The SMILES string of the molecule is [CH2]CCCCN[SH](=O)=O. The fourth-order valence-electron chi connectivity index (χ4n) is 0.472. The third kappa shape index (κ3) is 7.91. The maximum absolute atomic E-state index is 9.87. The first-order chi connectivity index (χ1) is 4.27. The lowest BCUT2D eigenvalue weighted by Gasteiger charge is -1.93. The van der Waals surface area contributed by atoms with Gasteiger partial charge in [0.15, 0.2) is 0 Å². The minimum absolute atomic E-state index is 0.550. The molecule has 0 aromatic carbocycles. The van der Waals surface area contributed by atoms with E-state index in [4.69, 9.17) is 0 Å². The van der Waals surface area contributed by atoms with E-state index in [2.05, 4.69) is 11.6 Å². The molecule has 0 bridgehead atoms. The van der Waals surface area contributed by atoms with E-state index in [0.29, 0.717) is 6.54 Å². The molecule has 0 fully saturated rings. The molecule has 0 saturated heterocycles. The van der Waals surface area contributed by atoms with Gasteiger partial charge in [0, 0.05) is 6.54 Å². The first kappa shape index (κ1) is 8.91. The van der Waals surface area contributed by atoms with Crippen LogP contribution in [0.3, 0.4) is 0 Å². The zero-order valence-electron chi connectivity index (χ0n) is 5.30. The van der Waals surface area contributed by atoms with E-state index in [9.17, 15) is 8.42 Å². The van der Waals surface area contributed by atoms with Crippen molar-refractivity contribution in [3.63, 3.8) is 0 Å². The van der Waals surface area contributed by atoms with Crippen molar-refractivity contribution in [1.29, 1.82) is 0 Å². The van der Waals surface area contributed by atoms with Gasteiger partial charge < -0.3 is 0 Å². The van der Waals surface area contributed by atoms with Crippen molar-refractivity contribution in [1.82, 2.24) is 4.72 Å². The molecule has 1 radical (unpaired) electrons. The Bertz CT molecular complexity index is 114. The maximum Gasteiger partial charge on any atom is 0.201 e. The zero-order valence-corrected chi connectivity index (χ0v) is 6.19. The van der Waals surface area contributed by atoms with Crippen LogP contribution in [0.25, 0.3) is 0 Å². The molecule has 0 heterocycles. The molecule has 55 valence electrons. The van der Waals surface area contributed by atoms with E-state index in [-0.39, 0.29) is 0 Å². The van der Waals surface area contributed by atoms with Crippen LogP contribution >= 0.6 is 0 Å². The van der Waals surface area contributed by atoms with Crippen molar-refractivity contribution in [2.75, 3.05) is 6.54 Å². The molecule has 0 spiro atoms. The summed E-state index contributed by atoms with van der Waals surface area (Å²) in [6, 6.07) is 0. The second-order valence-corrected chi connectivity index (χ2v) is 2.56. The lowest BCUT2D eigenvalue weighted by atomic mass is 10.3. The molecule has 0 amide bonds. The maximum atomic E-state index is 9.87. The summed E-state index contributed by atoms with van der Waals surface area (Å²) >= 11 is 0. The molecule has 0 aliphatic carbocycles. The topological polar surface area (TPSA) is 46.2 Å². The zero-order chi connectivity index (χ0) is 7.11. The van der Waals surface area contributed by atoms with E-state index in [0.717, 1.165) is 19.3 Å². The molecule has 3 nitrogen and oxygen atoms in total. The first-order valence-corrected chi connectivity index (χ1v) is 4.12. The Labute approximate surface area is 57.5 Å². The first-order valence-electron chi connectivity index (χ1n) is 2.94. The summed E-state index contributed by atoms with van der Waals surface area (Å²) in [5.74, 6) is 0. The molecule has 0 aliphatic heterocycles. The fourth-order valence-corrected chi connectivity index (χ4v) is 0.813. The molecular weight excluding hydrogens is 138 g/mol.